The highest BCUT2D eigenvalue weighted by atomic mass is 16.5. The zero-order valence-corrected chi connectivity index (χ0v) is 17.0. The van der Waals surface area contributed by atoms with Crippen molar-refractivity contribution in [3.8, 4) is 11.1 Å². The van der Waals surface area contributed by atoms with Crippen LogP contribution in [0.2, 0.25) is 0 Å². The third kappa shape index (κ3) is 4.18. The molecule has 0 heterocycles. The highest BCUT2D eigenvalue weighted by Gasteiger charge is 2.30. The monoisotopic (exact) mass is 431 g/mol. The molecule has 0 saturated carbocycles. The average molecular weight is 431 g/mol. The van der Waals surface area contributed by atoms with Gasteiger partial charge >= 0.3 is 18.0 Å². The minimum atomic E-state index is -1.33. The van der Waals surface area contributed by atoms with E-state index in [9.17, 15) is 24.6 Å². The summed E-state index contributed by atoms with van der Waals surface area (Å²) in [5, 5.41) is 21.2. The van der Waals surface area contributed by atoms with E-state index in [2.05, 4.69) is 5.32 Å². The summed E-state index contributed by atoms with van der Waals surface area (Å²) in [6, 6.07) is 20.6. The van der Waals surface area contributed by atoms with Crippen LogP contribution in [0, 0.1) is 0 Å². The number of alkyl carbamates (subject to hydrolysis) is 1. The van der Waals surface area contributed by atoms with Crippen LogP contribution in [0.25, 0.3) is 11.1 Å². The third-order valence-electron chi connectivity index (χ3n) is 5.61. The number of carboxylic acid groups (broad SMARTS) is 2. The number of amides is 1. The summed E-state index contributed by atoms with van der Waals surface area (Å²) in [7, 11) is 0. The van der Waals surface area contributed by atoms with Crippen molar-refractivity contribution in [2.75, 3.05) is 6.61 Å². The second-order valence-corrected chi connectivity index (χ2v) is 7.53. The maximum Gasteiger partial charge on any atom is 0.407 e. The van der Waals surface area contributed by atoms with E-state index in [0.29, 0.717) is 5.56 Å². The average Bonchev–Trinajstić information content (AvgIpc) is 3.11. The number of benzene rings is 3. The molecule has 7 heteroatoms. The van der Waals surface area contributed by atoms with Crippen molar-refractivity contribution in [2.45, 2.75) is 18.4 Å². The lowest BCUT2D eigenvalue weighted by molar-refractivity contribution is -0.139. The van der Waals surface area contributed by atoms with Crippen molar-refractivity contribution < 1.29 is 29.3 Å². The van der Waals surface area contributed by atoms with Crippen molar-refractivity contribution in [1.29, 1.82) is 0 Å². The molecule has 0 aromatic heterocycles. The van der Waals surface area contributed by atoms with Crippen LogP contribution in [0.5, 0.6) is 0 Å². The topological polar surface area (TPSA) is 113 Å². The molecule has 162 valence electrons. The molecule has 1 atom stereocenters. The first-order chi connectivity index (χ1) is 15.5. The van der Waals surface area contributed by atoms with Gasteiger partial charge in [0.2, 0.25) is 0 Å². The van der Waals surface area contributed by atoms with Gasteiger partial charge in [-0.25, -0.2) is 14.4 Å². The maximum atomic E-state index is 12.4. The van der Waals surface area contributed by atoms with E-state index in [1.165, 1.54) is 12.1 Å². The Bertz CT molecular complexity index is 1140. The van der Waals surface area contributed by atoms with E-state index in [4.69, 9.17) is 4.74 Å². The second kappa shape index (κ2) is 8.93. The zero-order valence-electron chi connectivity index (χ0n) is 17.0. The molecule has 1 aliphatic rings. The Labute approximate surface area is 184 Å². The minimum Gasteiger partial charge on any atom is -0.480 e. The van der Waals surface area contributed by atoms with Gasteiger partial charge in [-0.2, -0.15) is 0 Å². The van der Waals surface area contributed by atoms with Crippen LogP contribution in [-0.4, -0.2) is 40.9 Å². The normalized spacial score (nSPS) is 13.0. The number of nitrogens with one attached hydrogen (secondary N) is 1. The van der Waals surface area contributed by atoms with Crippen LogP contribution in [0.4, 0.5) is 4.79 Å². The van der Waals surface area contributed by atoms with Crippen molar-refractivity contribution >= 4 is 18.0 Å². The number of carbonyl (C=O) groups excluding carboxylic acids is 1. The zero-order chi connectivity index (χ0) is 22.7. The lowest BCUT2D eigenvalue weighted by atomic mass is 9.98. The highest BCUT2D eigenvalue weighted by molar-refractivity contribution is 5.90. The van der Waals surface area contributed by atoms with E-state index in [0.717, 1.165) is 22.3 Å². The van der Waals surface area contributed by atoms with Gasteiger partial charge in [0.25, 0.3) is 0 Å². The fourth-order valence-electron chi connectivity index (χ4n) is 4.11. The number of fused-ring (bicyclic) bond motifs is 3. The van der Waals surface area contributed by atoms with Gasteiger partial charge in [0.05, 0.1) is 5.56 Å². The van der Waals surface area contributed by atoms with Gasteiger partial charge in [-0.3, -0.25) is 0 Å². The summed E-state index contributed by atoms with van der Waals surface area (Å²) in [6.07, 6.45) is -1.05. The van der Waals surface area contributed by atoms with E-state index in [-0.39, 0.29) is 24.5 Å². The van der Waals surface area contributed by atoms with Crippen LogP contribution in [0.1, 0.15) is 33.0 Å². The molecule has 3 aromatic rings. The van der Waals surface area contributed by atoms with Crippen molar-refractivity contribution in [1.82, 2.24) is 5.32 Å². The Morgan fingerprint density at radius 2 is 1.41 bits per heavy atom. The first-order valence-corrected chi connectivity index (χ1v) is 10.1. The predicted octanol–water partition coefficient (Wildman–Crippen LogP) is 3.92. The number of rotatable bonds is 7. The molecule has 3 aromatic carbocycles. The second-order valence-electron chi connectivity index (χ2n) is 7.53. The minimum absolute atomic E-state index is 0.00640. The largest absolute Gasteiger partial charge is 0.480 e. The van der Waals surface area contributed by atoms with Gasteiger partial charge in [-0.05, 0) is 33.9 Å². The van der Waals surface area contributed by atoms with Crippen LogP contribution in [0.3, 0.4) is 0 Å². The number of aromatic carboxylic acids is 1. The first-order valence-electron chi connectivity index (χ1n) is 10.1. The number of carbonyl (C=O) groups is 3. The number of ether oxygens (including phenoxy) is 1. The van der Waals surface area contributed by atoms with Crippen LogP contribution in [0.15, 0.2) is 72.8 Å². The summed E-state index contributed by atoms with van der Waals surface area (Å²) in [4.78, 5) is 35.5. The Morgan fingerprint density at radius 1 is 0.844 bits per heavy atom. The summed E-state index contributed by atoms with van der Waals surface area (Å²) in [5.41, 5.74) is 4.58. The molecule has 0 bridgehead atoms. The fraction of sp³-hybridized carbons (Fsp3) is 0.160. The van der Waals surface area contributed by atoms with Crippen LogP contribution in [-0.2, 0) is 16.0 Å². The Morgan fingerprint density at radius 3 is 2.00 bits per heavy atom. The van der Waals surface area contributed by atoms with Gasteiger partial charge < -0.3 is 20.3 Å². The molecule has 4 rings (SSSR count). The molecule has 0 radical (unpaired) electrons. The SMILES string of the molecule is O=C(N[C@@H](Cc1ccccc1C(=O)O)C(=O)O)OCC1c2ccccc2-c2ccccc21. The molecule has 7 nitrogen and oxygen atoms in total. The van der Waals surface area contributed by atoms with Crippen molar-refractivity contribution in [3.05, 3.63) is 95.1 Å². The molecule has 0 unspecified atom stereocenters. The van der Waals surface area contributed by atoms with Crippen LogP contribution >= 0.6 is 0 Å². The van der Waals surface area contributed by atoms with Gasteiger partial charge in [-0.15, -0.1) is 0 Å². The Hall–Kier alpha value is -4.13. The van der Waals surface area contributed by atoms with Gasteiger partial charge in [-0.1, -0.05) is 66.7 Å². The predicted molar refractivity (Wildman–Crippen MR) is 117 cm³/mol. The summed E-state index contributed by atoms with van der Waals surface area (Å²) >= 11 is 0. The number of carboxylic acids is 2. The summed E-state index contributed by atoms with van der Waals surface area (Å²) in [6.45, 7) is 0.0535. The van der Waals surface area contributed by atoms with Gasteiger partial charge in [0.15, 0.2) is 0 Å². The summed E-state index contributed by atoms with van der Waals surface area (Å²) in [5.74, 6) is -2.59. The maximum absolute atomic E-state index is 12.4. The van der Waals surface area contributed by atoms with E-state index >= 15 is 0 Å². The van der Waals surface area contributed by atoms with Gasteiger partial charge in [0.1, 0.15) is 12.6 Å². The standard InChI is InChI=1S/C25H21NO6/c27-23(28)16-8-2-1-7-15(16)13-22(24(29)30)26-25(31)32-14-21-19-11-5-3-9-17(19)18-10-4-6-12-20(18)21/h1-12,21-22H,13-14H2,(H,26,31)(H,27,28)(H,29,30)/t22-/m0/s1. The van der Waals surface area contributed by atoms with Gasteiger partial charge in [0, 0.05) is 12.3 Å². The first kappa shape index (κ1) is 21.1. The molecule has 0 spiro atoms. The molecule has 0 aliphatic heterocycles. The molecule has 0 saturated heterocycles. The molecular weight excluding hydrogens is 410 g/mol. The molecule has 1 aliphatic carbocycles. The molecule has 32 heavy (non-hydrogen) atoms. The van der Waals surface area contributed by atoms with E-state index in [1.807, 2.05) is 48.5 Å². The fourth-order valence-corrected chi connectivity index (χ4v) is 4.11. The summed E-state index contributed by atoms with van der Waals surface area (Å²) < 4.78 is 5.41. The smallest absolute Gasteiger partial charge is 0.407 e. The Balaban J connectivity index is 1.45. The highest BCUT2D eigenvalue weighted by Crippen LogP contribution is 2.44. The lowest BCUT2D eigenvalue weighted by Crippen LogP contribution is -2.43. The molecule has 1 amide bonds. The molecule has 3 N–H and O–H groups in total. The number of aliphatic carboxylic acids is 1. The van der Waals surface area contributed by atoms with Crippen molar-refractivity contribution in [3.63, 3.8) is 0 Å². The Kier molecular flexibility index (Phi) is 5.89. The van der Waals surface area contributed by atoms with Crippen LogP contribution < -0.4 is 5.32 Å². The van der Waals surface area contributed by atoms with E-state index in [1.54, 1.807) is 12.1 Å². The molecular formula is C25H21NO6. The number of hydrogen-bond donors (Lipinski definition) is 3. The van der Waals surface area contributed by atoms with E-state index < -0.39 is 24.1 Å². The third-order valence-corrected chi connectivity index (χ3v) is 5.61. The molecule has 0 fully saturated rings. The van der Waals surface area contributed by atoms with Crippen molar-refractivity contribution in [2.24, 2.45) is 0 Å². The number of hydrogen-bond acceptors (Lipinski definition) is 4. The lowest BCUT2D eigenvalue weighted by Gasteiger charge is -2.18. The quantitative estimate of drug-likeness (QED) is 0.523.